The van der Waals surface area contributed by atoms with Gasteiger partial charge in [-0.25, -0.2) is 4.79 Å². The third-order valence-corrected chi connectivity index (χ3v) is 7.36. The molecule has 0 bridgehead atoms. The highest BCUT2D eigenvalue weighted by Gasteiger charge is 2.40. The van der Waals surface area contributed by atoms with E-state index in [9.17, 15) is 9.90 Å². The maximum atomic E-state index is 12.6. The molecule has 1 N–H and O–H groups in total. The number of amides is 1. The summed E-state index contributed by atoms with van der Waals surface area (Å²) in [4.78, 5) is 16.6. The predicted octanol–water partition coefficient (Wildman–Crippen LogP) is 6.05. The van der Waals surface area contributed by atoms with Crippen LogP contribution in [0, 0.1) is 0 Å². The van der Waals surface area contributed by atoms with Gasteiger partial charge in [0.15, 0.2) is 0 Å². The lowest BCUT2D eigenvalue weighted by Crippen LogP contribution is -2.47. The van der Waals surface area contributed by atoms with Crippen LogP contribution in [0.5, 0.6) is 5.75 Å². The Bertz CT molecular complexity index is 1200. The molecule has 0 radical (unpaired) electrons. The molecule has 38 heavy (non-hydrogen) atoms. The van der Waals surface area contributed by atoms with Gasteiger partial charge in [-0.05, 0) is 56.4 Å². The number of carbonyl (C=O) groups excluding carboxylic acids is 1. The zero-order chi connectivity index (χ0) is 26.8. The van der Waals surface area contributed by atoms with Gasteiger partial charge in [0.05, 0.1) is 17.9 Å². The van der Waals surface area contributed by atoms with Crippen LogP contribution in [-0.4, -0.2) is 41.4 Å². The minimum Gasteiger partial charge on any atom is -0.491 e. The molecule has 2 aliphatic heterocycles. The molecule has 0 unspecified atom stereocenters. The summed E-state index contributed by atoms with van der Waals surface area (Å²) in [5, 5.41) is 11.8. The largest absolute Gasteiger partial charge is 0.491 e. The number of hydrogen-bond acceptors (Lipinski definition) is 5. The lowest BCUT2D eigenvalue weighted by atomic mass is 9.81. The second-order valence-electron chi connectivity index (χ2n) is 11.4. The molecule has 0 saturated carbocycles. The number of anilines is 1. The third kappa shape index (κ3) is 5.81. The average molecular weight is 515 g/mol. The highest BCUT2D eigenvalue weighted by atomic mass is 16.6. The molecule has 0 aliphatic carbocycles. The fourth-order valence-corrected chi connectivity index (χ4v) is 5.45. The Morgan fingerprint density at radius 3 is 2.08 bits per heavy atom. The molecule has 2 heterocycles. The van der Waals surface area contributed by atoms with Crippen molar-refractivity contribution >= 4 is 11.8 Å². The Hall–Kier alpha value is -3.51. The van der Waals surface area contributed by atoms with Crippen molar-refractivity contribution in [2.75, 3.05) is 24.6 Å². The first-order valence-corrected chi connectivity index (χ1v) is 13.5. The minimum absolute atomic E-state index is 0.319. The number of fused-ring (bicyclic) bond motifs is 1. The summed E-state index contributed by atoms with van der Waals surface area (Å²) in [5.74, 6) is 0.873. The summed E-state index contributed by atoms with van der Waals surface area (Å²) in [6.45, 7) is 8.62. The number of likely N-dealkylation sites (tertiary alicyclic amines) is 1. The highest BCUT2D eigenvalue weighted by molar-refractivity contribution is 5.69. The van der Waals surface area contributed by atoms with Crippen molar-refractivity contribution in [2.24, 2.45) is 0 Å². The van der Waals surface area contributed by atoms with E-state index in [-0.39, 0.29) is 6.09 Å². The molecule has 0 atom stereocenters. The monoisotopic (exact) mass is 514 g/mol. The van der Waals surface area contributed by atoms with Crippen LogP contribution in [0.15, 0.2) is 72.8 Å². The van der Waals surface area contributed by atoms with Crippen molar-refractivity contribution in [3.05, 3.63) is 95.1 Å². The maximum Gasteiger partial charge on any atom is 0.410 e. The fraction of sp³-hybridized carbons (Fsp3) is 0.406. The van der Waals surface area contributed by atoms with E-state index < -0.39 is 11.2 Å². The van der Waals surface area contributed by atoms with Gasteiger partial charge in [-0.3, -0.25) is 0 Å². The number of carbonyl (C=O) groups is 1. The molecule has 2 aliphatic rings. The minimum atomic E-state index is -1.00. The number of aliphatic hydroxyl groups is 1. The topological polar surface area (TPSA) is 62.2 Å². The van der Waals surface area contributed by atoms with Gasteiger partial charge in [-0.1, -0.05) is 66.7 Å². The van der Waals surface area contributed by atoms with Gasteiger partial charge in [0, 0.05) is 38.2 Å². The number of hydrogen-bond donors (Lipinski definition) is 1. The Labute approximate surface area is 225 Å². The van der Waals surface area contributed by atoms with Crippen LogP contribution >= 0.6 is 0 Å². The summed E-state index contributed by atoms with van der Waals surface area (Å²) in [6.07, 6.45) is 1.38. The number of benzene rings is 3. The van der Waals surface area contributed by atoms with Gasteiger partial charge in [-0.15, -0.1) is 0 Å². The standard InChI is InChI=1S/C32H38N2O4/c1-31(2,3)38-30(35)33-19-17-32(36,18-20-33)27-14-15-28(29-26(27)16-21-37-29)34(22-24-10-6-4-7-11-24)23-25-12-8-5-9-13-25/h4-15,36H,16-23H2,1-3H3. The van der Waals surface area contributed by atoms with Gasteiger partial charge < -0.3 is 24.4 Å². The molecule has 1 saturated heterocycles. The molecule has 3 aromatic carbocycles. The lowest BCUT2D eigenvalue weighted by Gasteiger charge is -2.40. The van der Waals surface area contributed by atoms with Gasteiger partial charge >= 0.3 is 6.09 Å². The Balaban J connectivity index is 1.41. The summed E-state index contributed by atoms with van der Waals surface area (Å²) in [7, 11) is 0. The van der Waals surface area contributed by atoms with Crippen molar-refractivity contribution in [3.63, 3.8) is 0 Å². The van der Waals surface area contributed by atoms with E-state index in [1.165, 1.54) is 11.1 Å². The SMILES string of the molecule is CC(C)(C)OC(=O)N1CCC(O)(c2ccc(N(Cc3ccccc3)Cc3ccccc3)c3c2CCO3)CC1. The van der Waals surface area contributed by atoms with Crippen molar-refractivity contribution in [1.82, 2.24) is 4.90 Å². The summed E-state index contributed by atoms with van der Waals surface area (Å²) in [6, 6.07) is 25.1. The Kier molecular flexibility index (Phi) is 7.35. The zero-order valence-electron chi connectivity index (χ0n) is 22.7. The molecule has 200 valence electrons. The first kappa shape index (κ1) is 26.1. The quantitative estimate of drug-likeness (QED) is 0.434. The second kappa shape index (κ2) is 10.7. The molecule has 5 rings (SSSR count). The van der Waals surface area contributed by atoms with Gasteiger partial charge in [0.25, 0.3) is 0 Å². The molecule has 1 fully saturated rings. The van der Waals surface area contributed by atoms with Crippen LogP contribution in [0.3, 0.4) is 0 Å². The predicted molar refractivity (Wildman–Crippen MR) is 149 cm³/mol. The first-order chi connectivity index (χ1) is 18.2. The van der Waals surface area contributed by atoms with Crippen LogP contribution in [0.1, 0.15) is 55.9 Å². The van der Waals surface area contributed by atoms with E-state index in [0.717, 1.165) is 42.1 Å². The molecule has 3 aromatic rings. The summed E-state index contributed by atoms with van der Waals surface area (Å²) >= 11 is 0. The van der Waals surface area contributed by atoms with Gasteiger partial charge in [-0.2, -0.15) is 0 Å². The van der Waals surface area contributed by atoms with Crippen LogP contribution in [-0.2, 0) is 29.8 Å². The number of rotatable bonds is 6. The Morgan fingerprint density at radius 1 is 0.947 bits per heavy atom. The van der Waals surface area contributed by atoms with E-state index in [4.69, 9.17) is 9.47 Å². The van der Waals surface area contributed by atoms with E-state index in [0.29, 0.717) is 32.5 Å². The second-order valence-corrected chi connectivity index (χ2v) is 11.4. The molecular weight excluding hydrogens is 476 g/mol. The molecule has 0 spiro atoms. The number of piperidine rings is 1. The van der Waals surface area contributed by atoms with Crippen molar-refractivity contribution in [3.8, 4) is 5.75 Å². The van der Waals surface area contributed by atoms with Crippen molar-refractivity contribution in [2.45, 2.75) is 64.3 Å². The molecule has 6 nitrogen and oxygen atoms in total. The van der Waals surface area contributed by atoms with E-state index in [2.05, 4.69) is 65.6 Å². The molecule has 0 aromatic heterocycles. The van der Waals surface area contributed by atoms with Crippen molar-refractivity contribution in [1.29, 1.82) is 0 Å². The maximum absolute atomic E-state index is 12.6. The lowest BCUT2D eigenvalue weighted by molar-refractivity contribution is -0.0360. The first-order valence-electron chi connectivity index (χ1n) is 13.5. The smallest absolute Gasteiger partial charge is 0.410 e. The van der Waals surface area contributed by atoms with E-state index in [1.807, 2.05) is 32.9 Å². The highest BCUT2D eigenvalue weighted by Crippen LogP contribution is 2.45. The van der Waals surface area contributed by atoms with Gasteiger partial charge in [0.1, 0.15) is 11.4 Å². The van der Waals surface area contributed by atoms with Crippen molar-refractivity contribution < 1.29 is 19.4 Å². The molecule has 1 amide bonds. The van der Waals surface area contributed by atoms with Crippen LogP contribution < -0.4 is 9.64 Å². The normalized spacial score (nSPS) is 16.5. The average Bonchev–Trinajstić information content (AvgIpc) is 3.38. The van der Waals surface area contributed by atoms with Crippen LogP contribution in [0.25, 0.3) is 0 Å². The molecular formula is C32H38N2O4. The fourth-order valence-electron chi connectivity index (χ4n) is 5.45. The number of nitrogens with zero attached hydrogens (tertiary/aromatic N) is 2. The summed E-state index contributed by atoms with van der Waals surface area (Å²) < 4.78 is 11.8. The zero-order valence-corrected chi connectivity index (χ0v) is 22.7. The van der Waals surface area contributed by atoms with E-state index in [1.54, 1.807) is 4.90 Å². The van der Waals surface area contributed by atoms with Crippen LogP contribution in [0.2, 0.25) is 0 Å². The summed E-state index contributed by atoms with van der Waals surface area (Å²) in [5.41, 5.74) is 3.98. The van der Waals surface area contributed by atoms with Crippen LogP contribution in [0.4, 0.5) is 10.5 Å². The molecule has 6 heteroatoms. The number of ether oxygens (including phenoxy) is 2. The van der Waals surface area contributed by atoms with Gasteiger partial charge in [0.2, 0.25) is 0 Å². The third-order valence-electron chi connectivity index (χ3n) is 7.36. The Morgan fingerprint density at radius 2 is 1.53 bits per heavy atom. The van der Waals surface area contributed by atoms with E-state index >= 15 is 0 Å².